The van der Waals surface area contributed by atoms with Crippen molar-refractivity contribution < 1.29 is 0 Å². The molecule has 0 unspecified atom stereocenters. The SMILES string of the molecule is Cc1ccc(-c2csc3nc(Cl)nc(N4CCCc5ccccc54)c23)cc1C. The van der Waals surface area contributed by atoms with E-state index in [2.05, 4.69) is 71.6 Å². The molecule has 0 radical (unpaired) electrons. The lowest BCUT2D eigenvalue weighted by atomic mass is 9.99. The van der Waals surface area contributed by atoms with Crippen LogP contribution in [0.15, 0.2) is 47.8 Å². The van der Waals surface area contributed by atoms with Gasteiger partial charge in [-0.25, -0.2) is 4.98 Å². The first-order valence-corrected chi connectivity index (χ1v) is 10.8. The minimum absolute atomic E-state index is 0.305. The highest BCUT2D eigenvalue weighted by atomic mass is 35.5. The molecule has 5 rings (SSSR count). The Balaban J connectivity index is 1.76. The summed E-state index contributed by atoms with van der Waals surface area (Å²) < 4.78 is 0. The predicted octanol–water partition coefficient (Wildman–Crippen LogP) is 6.71. The molecule has 0 N–H and O–H groups in total. The molecule has 1 aliphatic rings. The zero-order valence-electron chi connectivity index (χ0n) is 15.9. The molecule has 1 aliphatic heterocycles. The van der Waals surface area contributed by atoms with Crippen molar-refractivity contribution in [3.05, 3.63) is 69.8 Å². The van der Waals surface area contributed by atoms with Gasteiger partial charge in [0.25, 0.3) is 0 Å². The molecule has 28 heavy (non-hydrogen) atoms. The van der Waals surface area contributed by atoms with Gasteiger partial charge in [-0.1, -0.05) is 36.4 Å². The van der Waals surface area contributed by atoms with E-state index in [1.165, 1.54) is 33.5 Å². The Morgan fingerprint density at radius 1 is 1.04 bits per heavy atom. The van der Waals surface area contributed by atoms with E-state index < -0.39 is 0 Å². The topological polar surface area (TPSA) is 29.0 Å². The summed E-state index contributed by atoms with van der Waals surface area (Å²) in [5.74, 6) is 0.914. The predicted molar refractivity (Wildman–Crippen MR) is 119 cm³/mol. The quantitative estimate of drug-likeness (QED) is 0.347. The molecule has 4 aromatic rings. The summed E-state index contributed by atoms with van der Waals surface area (Å²) >= 11 is 7.96. The Bertz CT molecular complexity index is 1200. The minimum Gasteiger partial charge on any atom is -0.325 e. The number of rotatable bonds is 2. The summed E-state index contributed by atoms with van der Waals surface area (Å²) in [5, 5.41) is 3.58. The van der Waals surface area contributed by atoms with Crippen molar-refractivity contribution in [2.24, 2.45) is 0 Å². The van der Waals surface area contributed by atoms with Crippen LogP contribution in [0.25, 0.3) is 21.3 Å². The summed E-state index contributed by atoms with van der Waals surface area (Å²) in [7, 11) is 0. The Morgan fingerprint density at radius 3 is 2.75 bits per heavy atom. The molecule has 5 heteroatoms. The second-order valence-corrected chi connectivity index (χ2v) is 8.52. The smallest absolute Gasteiger partial charge is 0.225 e. The van der Waals surface area contributed by atoms with Crippen LogP contribution in [0.3, 0.4) is 0 Å². The number of fused-ring (bicyclic) bond motifs is 2. The van der Waals surface area contributed by atoms with E-state index in [9.17, 15) is 0 Å². The first kappa shape index (κ1) is 17.7. The molecular weight excluding hydrogens is 386 g/mol. The van der Waals surface area contributed by atoms with Crippen molar-refractivity contribution in [3.8, 4) is 11.1 Å². The standard InChI is InChI=1S/C23H20ClN3S/c1-14-9-10-17(12-15(14)2)18-13-28-22-20(18)21(25-23(24)26-22)27-11-5-7-16-6-3-4-8-19(16)27/h3-4,6,8-10,12-13H,5,7,11H2,1-2H3. The van der Waals surface area contributed by atoms with E-state index >= 15 is 0 Å². The third kappa shape index (κ3) is 2.88. The van der Waals surface area contributed by atoms with Gasteiger partial charge in [0, 0.05) is 23.2 Å². The zero-order valence-corrected chi connectivity index (χ0v) is 17.4. The Kier molecular flexibility index (Phi) is 4.33. The first-order valence-electron chi connectivity index (χ1n) is 9.49. The van der Waals surface area contributed by atoms with Crippen molar-refractivity contribution in [2.75, 3.05) is 11.4 Å². The van der Waals surface area contributed by atoms with Crippen LogP contribution in [0, 0.1) is 13.8 Å². The number of hydrogen-bond donors (Lipinski definition) is 0. The zero-order chi connectivity index (χ0) is 19.3. The number of nitrogens with zero attached hydrogens (tertiary/aromatic N) is 3. The average molecular weight is 406 g/mol. The van der Waals surface area contributed by atoms with Crippen molar-refractivity contribution >= 4 is 44.7 Å². The van der Waals surface area contributed by atoms with Crippen LogP contribution >= 0.6 is 22.9 Å². The second-order valence-electron chi connectivity index (χ2n) is 7.33. The summed E-state index contributed by atoms with van der Waals surface area (Å²) in [6, 6.07) is 15.2. The fourth-order valence-corrected chi connectivity index (χ4v) is 5.12. The normalized spacial score (nSPS) is 13.8. The van der Waals surface area contributed by atoms with E-state index in [1.54, 1.807) is 11.3 Å². The molecule has 0 aliphatic carbocycles. The Hall–Kier alpha value is -2.43. The molecule has 3 nitrogen and oxygen atoms in total. The van der Waals surface area contributed by atoms with Crippen LogP contribution in [0.4, 0.5) is 11.5 Å². The molecule has 0 fully saturated rings. The third-order valence-electron chi connectivity index (χ3n) is 5.57. The Labute approximate surface area is 173 Å². The summed E-state index contributed by atoms with van der Waals surface area (Å²) in [4.78, 5) is 12.5. The van der Waals surface area contributed by atoms with Gasteiger partial charge in [-0.2, -0.15) is 4.98 Å². The maximum Gasteiger partial charge on any atom is 0.225 e. The first-order chi connectivity index (χ1) is 13.6. The highest BCUT2D eigenvalue weighted by Gasteiger charge is 2.24. The highest BCUT2D eigenvalue weighted by Crippen LogP contribution is 2.43. The van der Waals surface area contributed by atoms with Gasteiger partial charge >= 0.3 is 0 Å². The van der Waals surface area contributed by atoms with Crippen molar-refractivity contribution in [2.45, 2.75) is 26.7 Å². The maximum atomic E-state index is 6.33. The van der Waals surface area contributed by atoms with Crippen molar-refractivity contribution in [3.63, 3.8) is 0 Å². The monoisotopic (exact) mass is 405 g/mol. The second kappa shape index (κ2) is 6.87. The number of benzene rings is 2. The van der Waals surface area contributed by atoms with Crippen LogP contribution in [0.1, 0.15) is 23.1 Å². The van der Waals surface area contributed by atoms with E-state index in [0.717, 1.165) is 35.4 Å². The van der Waals surface area contributed by atoms with Gasteiger partial charge < -0.3 is 4.90 Å². The fraction of sp³-hybridized carbons (Fsp3) is 0.217. The summed E-state index contributed by atoms with van der Waals surface area (Å²) in [6.45, 7) is 5.23. The lowest BCUT2D eigenvalue weighted by Gasteiger charge is -2.31. The number of thiophene rings is 1. The number of anilines is 2. The molecule has 140 valence electrons. The van der Waals surface area contributed by atoms with Gasteiger partial charge in [0.15, 0.2) is 0 Å². The lowest BCUT2D eigenvalue weighted by Crippen LogP contribution is -2.25. The van der Waals surface area contributed by atoms with E-state index in [1.807, 2.05) is 0 Å². The van der Waals surface area contributed by atoms with E-state index in [0.29, 0.717) is 5.28 Å². The van der Waals surface area contributed by atoms with Gasteiger partial charge in [-0.15, -0.1) is 11.3 Å². The molecule has 0 bridgehead atoms. The largest absolute Gasteiger partial charge is 0.325 e. The third-order valence-corrected chi connectivity index (χ3v) is 6.61. The highest BCUT2D eigenvalue weighted by molar-refractivity contribution is 7.17. The molecule has 0 amide bonds. The van der Waals surface area contributed by atoms with Gasteiger partial charge in [-0.05, 0) is 66.6 Å². The summed E-state index contributed by atoms with van der Waals surface area (Å²) in [5.41, 5.74) is 7.55. The molecule has 0 saturated carbocycles. The minimum atomic E-state index is 0.305. The number of halogens is 1. The molecule has 0 spiro atoms. The van der Waals surface area contributed by atoms with Gasteiger partial charge in [0.2, 0.25) is 5.28 Å². The fourth-order valence-electron chi connectivity index (χ4n) is 3.97. The van der Waals surface area contributed by atoms with E-state index in [4.69, 9.17) is 16.6 Å². The average Bonchev–Trinajstić information content (AvgIpc) is 3.13. The van der Waals surface area contributed by atoms with Crippen LogP contribution in [-0.2, 0) is 6.42 Å². The molecule has 3 heterocycles. The van der Waals surface area contributed by atoms with Crippen molar-refractivity contribution in [1.82, 2.24) is 9.97 Å². The number of hydrogen-bond acceptors (Lipinski definition) is 4. The molecule has 0 saturated heterocycles. The van der Waals surface area contributed by atoms with Crippen molar-refractivity contribution in [1.29, 1.82) is 0 Å². The molecular formula is C23H20ClN3S. The number of aryl methyl sites for hydroxylation is 3. The van der Waals surface area contributed by atoms with Crippen LogP contribution in [0.2, 0.25) is 5.28 Å². The van der Waals surface area contributed by atoms with Gasteiger partial charge in [0.05, 0.1) is 5.39 Å². The number of para-hydroxylation sites is 1. The molecule has 2 aromatic heterocycles. The molecule has 0 atom stereocenters. The number of aromatic nitrogens is 2. The van der Waals surface area contributed by atoms with Crippen LogP contribution in [-0.4, -0.2) is 16.5 Å². The maximum absolute atomic E-state index is 6.33. The van der Waals surface area contributed by atoms with Gasteiger partial charge in [0.1, 0.15) is 10.6 Å². The lowest BCUT2D eigenvalue weighted by molar-refractivity contribution is 0.761. The summed E-state index contributed by atoms with van der Waals surface area (Å²) in [6.07, 6.45) is 2.20. The van der Waals surface area contributed by atoms with Crippen LogP contribution in [0.5, 0.6) is 0 Å². The molecule has 2 aromatic carbocycles. The van der Waals surface area contributed by atoms with Gasteiger partial charge in [-0.3, -0.25) is 0 Å². The Morgan fingerprint density at radius 2 is 1.89 bits per heavy atom. The van der Waals surface area contributed by atoms with E-state index in [-0.39, 0.29) is 0 Å². The van der Waals surface area contributed by atoms with Crippen LogP contribution < -0.4 is 4.90 Å².